The number of hydrogen-bond acceptors (Lipinski definition) is 9. The van der Waals surface area contributed by atoms with Crippen LogP contribution in [0.25, 0.3) is 0 Å². The first kappa shape index (κ1) is 41.5. The fraction of sp³-hybridized carbons (Fsp3) is 0.733. The van der Waals surface area contributed by atoms with Crippen LogP contribution in [0.3, 0.4) is 0 Å². The van der Waals surface area contributed by atoms with Crippen LogP contribution in [0, 0.1) is 11.8 Å². The highest BCUT2D eigenvalue weighted by atomic mass is 16.4. The zero-order valence-corrected chi connectivity index (χ0v) is 28.5. The van der Waals surface area contributed by atoms with Crippen LogP contribution in [0.5, 0.6) is 0 Å². The van der Waals surface area contributed by atoms with Gasteiger partial charge in [0.15, 0.2) is 5.96 Å². The number of aliphatic imine (C=N–C) groups is 1. The maximum atomic E-state index is 13.1. The van der Waals surface area contributed by atoms with Gasteiger partial charge in [-0.05, 0) is 57.4 Å². The Bertz CT molecular complexity index is 1150. The van der Waals surface area contributed by atoms with Crippen LogP contribution in [0.15, 0.2) is 4.99 Å². The lowest BCUT2D eigenvalue weighted by Gasteiger charge is -2.26. The van der Waals surface area contributed by atoms with Crippen molar-refractivity contribution < 1.29 is 38.7 Å². The number of carbonyl (C=O) groups is 7. The first-order chi connectivity index (χ1) is 22.5. The Labute approximate surface area is 281 Å². The minimum Gasteiger partial charge on any atom is -0.480 e. The number of carboxylic acid groups (broad SMARTS) is 1. The monoisotopic (exact) mass is 682 g/mol. The van der Waals surface area contributed by atoms with Crippen molar-refractivity contribution in [2.45, 2.75) is 103 Å². The van der Waals surface area contributed by atoms with Crippen LogP contribution in [-0.2, 0) is 33.6 Å². The molecule has 1 heterocycles. The molecule has 1 saturated heterocycles. The summed E-state index contributed by atoms with van der Waals surface area (Å²) in [7, 11) is 0. The van der Waals surface area contributed by atoms with Gasteiger partial charge in [-0.3, -0.25) is 33.8 Å². The third kappa shape index (κ3) is 15.9. The lowest BCUT2D eigenvalue weighted by molar-refractivity contribution is -0.142. The highest BCUT2D eigenvalue weighted by Gasteiger charge is 2.31. The van der Waals surface area contributed by atoms with Crippen LogP contribution < -0.4 is 48.7 Å². The summed E-state index contributed by atoms with van der Waals surface area (Å²) in [6.07, 6.45) is 2.75. The Morgan fingerprint density at radius 1 is 0.854 bits per heavy atom. The van der Waals surface area contributed by atoms with Crippen molar-refractivity contribution in [1.29, 1.82) is 0 Å². The van der Waals surface area contributed by atoms with E-state index in [4.69, 9.17) is 11.5 Å². The third-order valence-corrected chi connectivity index (χ3v) is 7.71. The van der Waals surface area contributed by atoms with Crippen molar-refractivity contribution in [3.8, 4) is 0 Å². The molecule has 0 aliphatic carbocycles. The summed E-state index contributed by atoms with van der Waals surface area (Å²) in [6, 6.07) is -4.59. The van der Waals surface area contributed by atoms with Gasteiger partial charge in [0.1, 0.15) is 24.2 Å². The Morgan fingerprint density at radius 3 is 2.02 bits per heavy atom. The lowest BCUT2D eigenvalue weighted by Crippen LogP contribution is -2.57. The third-order valence-electron chi connectivity index (χ3n) is 7.71. The van der Waals surface area contributed by atoms with Crippen LogP contribution >= 0.6 is 0 Å². The summed E-state index contributed by atoms with van der Waals surface area (Å²) >= 11 is 0. The van der Waals surface area contributed by atoms with E-state index in [0.29, 0.717) is 25.7 Å². The minimum atomic E-state index is -1.27. The van der Waals surface area contributed by atoms with Crippen molar-refractivity contribution in [2.24, 2.45) is 28.3 Å². The molecule has 0 spiro atoms. The number of carboxylic acids is 1. The summed E-state index contributed by atoms with van der Waals surface area (Å²) in [6.45, 7) is 8.68. The number of hydrogen-bond donors (Lipinski definition) is 10. The van der Waals surface area contributed by atoms with Crippen LogP contribution in [-0.4, -0.2) is 109 Å². The highest BCUT2D eigenvalue weighted by molar-refractivity contribution is 5.95. The second-order valence-corrected chi connectivity index (χ2v) is 12.3. The first-order valence-corrected chi connectivity index (χ1v) is 16.3. The van der Waals surface area contributed by atoms with Crippen molar-refractivity contribution in [3.63, 3.8) is 0 Å². The van der Waals surface area contributed by atoms with E-state index >= 15 is 0 Å². The topological polar surface area (TPSA) is 288 Å². The molecule has 0 aromatic heterocycles. The van der Waals surface area contributed by atoms with Gasteiger partial charge in [-0.25, -0.2) is 4.79 Å². The van der Waals surface area contributed by atoms with Gasteiger partial charge in [0.2, 0.25) is 35.4 Å². The van der Waals surface area contributed by atoms with E-state index in [1.54, 1.807) is 6.92 Å². The van der Waals surface area contributed by atoms with E-state index < -0.39 is 72.8 Å². The van der Waals surface area contributed by atoms with E-state index in [9.17, 15) is 38.7 Å². The van der Waals surface area contributed by atoms with Crippen molar-refractivity contribution in [1.82, 2.24) is 37.2 Å². The number of nitrogens with zero attached hydrogens (tertiary/aromatic N) is 1. The number of aliphatic carboxylic acids is 1. The van der Waals surface area contributed by atoms with E-state index in [0.717, 1.165) is 13.0 Å². The number of guanidine groups is 1. The lowest BCUT2D eigenvalue weighted by atomic mass is 9.98. The molecule has 6 atom stereocenters. The normalized spacial score (nSPS) is 17.1. The van der Waals surface area contributed by atoms with Crippen molar-refractivity contribution in [2.75, 3.05) is 26.2 Å². The van der Waals surface area contributed by atoms with Gasteiger partial charge < -0.3 is 53.8 Å². The molecule has 18 heteroatoms. The van der Waals surface area contributed by atoms with Gasteiger partial charge in [-0.2, -0.15) is 0 Å². The Kier molecular flexibility index (Phi) is 18.5. The molecule has 0 bridgehead atoms. The second kappa shape index (κ2) is 21.4. The molecule has 6 amide bonds. The van der Waals surface area contributed by atoms with Gasteiger partial charge >= 0.3 is 5.97 Å². The van der Waals surface area contributed by atoms with E-state index in [1.165, 1.54) is 6.92 Å². The summed E-state index contributed by atoms with van der Waals surface area (Å²) in [5, 5.41) is 27.5. The molecule has 0 unspecified atom stereocenters. The quantitative estimate of drug-likeness (QED) is 0.0334. The summed E-state index contributed by atoms with van der Waals surface area (Å²) < 4.78 is 0. The smallest absolute Gasteiger partial charge is 0.326 e. The van der Waals surface area contributed by atoms with Gasteiger partial charge in [0, 0.05) is 6.54 Å². The molecule has 48 heavy (non-hydrogen) atoms. The number of nitrogens with one attached hydrogen (secondary N) is 7. The van der Waals surface area contributed by atoms with E-state index in [-0.39, 0.29) is 42.7 Å². The number of rotatable bonds is 21. The predicted molar refractivity (Wildman–Crippen MR) is 177 cm³/mol. The van der Waals surface area contributed by atoms with Crippen LogP contribution in [0.1, 0.15) is 73.1 Å². The Balaban J connectivity index is 2.67. The van der Waals surface area contributed by atoms with Crippen LogP contribution in [0.2, 0.25) is 0 Å². The molecule has 12 N–H and O–H groups in total. The average molecular weight is 683 g/mol. The van der Waals surface area contributed by atoms with Gasteiger partial charge in [0.25, 0.3) is 0 Å². The Hall–Kier alpha value is -4.48. The van der Waals surface area contributed by atoms with Crippen LogP contribution in [0.4, 0.5) is 0 Å². The fourth-order valence-electron chi connectivity index (χ4n) is 4.80. The van der Waals surface area contributed by atoms with Gasteiger partial charge in [0.05, 0.1) is 19.1 Å². The summed E-state index contributed by atoms with van der Waals surface area (Å²) in [5.41, 5.74) is 10.5. The molecular weight excluding hydrogens is 628 g/mol. The number of nitrogens with two attached hydrogens (primary N) is 2. The minimum absolute atomic E-state index is 0.0535. The molecule has 1 fully saturated rings. The molecule has 1 aliphatic heterocycles. The zero-order valence-electron chi connectivity index (χ0n) is 28.5. The molecule has 272 valence electrons. The largest absolute Gasteiger partial charge is 0.480 e. The number of carbonyl (C=O) groups excluding carboxylic acids is 6. The molecule has 18 nitrogen and oxygen atoms in total. The first-order valence-electron chi connectivity index (χ1n) is 16.3. The molecular formula is C30H54N10O8. The highest BCUT2D eigenvalue weighted by Crippen LogP contribution is 2.10. The van der Waals surface area contributed by atoms with Gasteiger partial charge in [-0.1, -0.05) is 34.1 Å². The fourth-order valence-corrected chi connectivity index (χ4v) is 4.80. The van der Waals surface area contributed by atoms with Crippen molar-refractivity contribution in [3.05, 3.63) is 0 Å². The molecule has 1 rings (SSSR count). The zero-order chi connectivity index (χ0) is 36.4. The molecule has 0 aromatic rings. The molecule has 0 saturated carbocycles. The standard InChI is InChI=1S/C30H54N10O8/c1-6-17(4)24(40-23(42)15-36-26(44)21(13-16(2)3)39-27(45)19-9-7-11-33-19)28(46)37-18(5)25(43)35-14-22(41)38-20(29(47)48)10-8-12-34-30(31)32/h16-21,24,33H,6-15H2,1-5H3,(H,35,43)(H,36,44)(H,37,46)(H,38,41)(H,39,45)(H,40,42)(H,47,48)(H4,31,32,34)/t17-,18-,19-,20-,21-,24-/m0/s1. The maximum Gasteiger partial charge on any atom is 0.326 e. The Morgan fingerprint density at radius 2 is 1.48 bits per heavy atom. The molecule has 1 aliphatic rings. The van der Waals surface area contributed by atoms with E-state index in [1.807, 2.05) is 20.8 Å². The van der Waals surface area contributed by atoms with E-state index in [2.05, 4.69) is 42.2 Å². The molecule has 0 aromatic carbocycles. The maximum absolute atomic E-state index is 13.1. The number of amides is 6. The van der Waals surface area contributed by atoms with Crippen molar-refractivity contribution >= 4 is 47.4 Å². The van der Waals surface area contributed by atoms with Gasteiger partial charge in [-0.15, -0.1) is 0 Å². The SMILES string of the molecule is CC[C@H](C)[C@H](NC(=O)CNC(=O)[C@H](CC(C)C)NC(=O)[C@@H]1CCCN1)C(=O)N[C@@H](C)C(=O)NCC(=O)N[C@@H](CCCN=C(N)N)C(=O)O. The summed E-state index contributed by atoms with van der Waals surface area (Å²) in [4.78, 5) is 91.6. The summed E-state index contributed by atoms with van der Waals surface area (Å²) in [5.74, 6) is -5.23. The second-order valence-electron chi connectivity index (χ2n) is 12.3. The average Bonchev–Trinajstić information content (AvgIpc) is 3.57. The molecule has 0 radical (unpaired) electrons. The predicted octanol–water partition coefficient (Wildman–Crippen LogP) is -2.84.